The van der Waals surface area contributed by atoms with Crippen LogP contribution in [-0.4, -0.2) is 32.9 Å². The van der Waals surface area contributed by atoms with Gasteiger partial charge in [-0.15, -0.1) is 37.2 Å². The van der Waals surface area contributed by atoms with E-state index in [9.17, 15) is 0 Å². The van der Waals surface area contributed by atoms with Gasteiger partial charge in [0, 0.05) is 41.3 Å². The molecule has 0 saturated carbocycles. The van der Waals surface area contributed by atoms with Crippen molar-refractivity contribution in [1.82, 2.24) is 0 Å². The van der Waals surface area contributed by atoms with E-state index in [4.69, 9.17) is 0 Å². The molecule has 0 aromatic carbocycles. The summed E-state index contributed by atoms with van der Waals surface area (Å²) in [7, 11) is 0. The average Bonchev–Trinajstić information content (AvgIpc) is 0. The van der Waals surface area contributed by atoms with Crippen LogP contribution in [0, 0.1) is 41.3 Å². The van der Waals surface area contributed by atoms with Crippen LogP contribution in [0.25, 0.3) is 0 Å². The first kappa shape index (κ1) is 365. The Morgan fingerprint density at radius 2 is 0.300 bits per heavy atom. The van der Waals surface area contributed by atoms with Crippen molar-refractivity contribution in [1.29, 1.82) is 0 Å². The third kappa shape index (κ3) is 203. The standard InChI is InChI=1S/3ClH.6H2O.Pr/h3*1H;6*1H2;. The monoisotopic (exact) mass is 357 g/mol. The molecule has 0 aromatic rings. The smallest absolute Gasteiger partial charge is 0 e. The summed E-state index contributed by atoms with van der Waals surface area (Å²) in [6.45, 7) is 0. The van der Waals surface area contributed by atoms with Crippen LogP contribution in [0.2, 0.25) is 0 Å². The first-order chi connectivity index (χ1) is 0. The summed E-state index contributed by atoms with van der Waals surface area (Å²) in [5, 5.41) is 0. The second-order valence-electron chi connectivity index (χ2n) is 0. The van der Waals surface area contributed by atoms with Crippen molar-refractivity contribution >= 4 is 37.2 Å². The molecule has 0 bridgehead atoms. The van der Waals surface area contributed by atoms with Crippen LogP contribution in [0.15, 0.2) is 0 Å². The zero-order chi connectivity index (χ0) is 0. The maximum atomic E-state index is 0. The quantitative estimate of drug-likeness (QED) is 0.412. The van der Waals surface area contributed by atoms with E-state index in [2.05, 4.69) is 0 Å². The van der Waals surface area contributed by atoms with Gasteiger partial charge in [-0.05, 0) is 0 Å². The number of halogens is 3. The van der Waals surface area contributed by atoms with Gasteiger partial charge < -0.3 is 32.9 Å². The van der Waals surface area contributed by atoms with Crippen molar-refractivity contribution in [3.05, 3.63) is 0 Å². The van der Waals surface area contributed by atoms with Gasteiger partial charge in [0.15, 0.2) is 0 Å². The van der Waals surface area contributed by atoms with Gasteiger partial charge >= 0.3 is 0 Å². The van der Waals surface area contributed by atoms with E-state index >= 15 is 0 Å². The van der Waals surface area contributed by atoms with Crippen molar-refractivity contribution in [3.63, 3.8) is 0 Å². The van der Waals surface area contributed by atoms with E-state index in [1.165, 1.54) is 0 Å². The Balaban J connectivity index is 0. The average molecular weight is 358 g/mol. The van der Waals surface area contributed by atoms with Crippen LogP contribution >= 0.6 is 37.2 Å². The van der Waals surface area contributed by atoms with Crippen LogP contribution in [-0.2, 0) is 0 Å². The molecule has 10 heteroatoms. The predicted octanol–water partition coefficient (Wildman–Crippen LogP) is -3.68. The summed E-state index contributed by atoms with van der Waals surface area (Å²) in [4.78, 5) is 0. The first-order valence-corrected chi connectivity index (χ1v) is 0. The fourth-order valence-electron chi connectivity index (χ4n) is 0. The van der Waals surface area contributed by atoms with Gasteiger partial charge in [-0.3, -0.25) is 0 Å². The normalized spacial score (nSPS) is 0. The van der Waals surface area contributed by atoms with E-state index in [0.29, 0.717) is 0 Å². The van der Waals surface area contributed by atoms with Crippen LogP contribution in [0.3, 0.4) is 0 Å². The molecular weight excluding hydrogens is 343 g/mol. The molecule has 12 N–H and O–H groups in total. The molecule has 0 aromatic heterocycles. The maximum Gasteiger partial charge on any atom is 0 e. The fraction of sp³-hybridized carbons (Fsp3) is 0. The summed E-state index contributed by atoms with van der Waals surface area (Å²) >= 11 is 0. The van der Waals surface area contributed by atoms with Gasteiger partial charge in [-0.1, -0.05) is 0 Å². The van der Waals surface area contributed by atoms with Crippen LogP contribution in [0.4, 0.5) is 0 Å². The van der Waals surface area contributed by atoms with Crippen molar-refractivity contribution in [3.8, 4) is 0 Å². The van der Waals surface area contributed by atoms with Gasteiger partial charge in [-0.2, -0.15) is 0 Å². The largest absolute Gasteiger partial charge is 0.412 e. The Kier molecular flexibility index (Phi) is 10100. The minimum atomic E-state index is 0. The van der Waals surface area contributed by atoms with E-state index in [0.717, 1.165) is 0 Å². The Labute approximate surface area is 110 Å². The van der Waals surface area contributed by atoms with Crippen molar-refractivity contribution in [2.75, 3.05) is 0 Å². The molecule has 0 aliphatic carbocycles. The van der Waals surface area contributed by atoms with Crippen LogP contribution < -0.4 is 0 Å². The summed E-state index contributed by atoms with van der Waals surface area (Å²) < 4.78 is 0. The fourth-order valence-corrected chi connectivity index (χ4v) is 0. The van der Waals surface area contributed by atoms with Crippen LogP contribution in [0.1, 0.15) is 0 Å². The maximum absolute atomic E-state index is 0. The topological polar surface area (TPSA) is 189 Å². The van der Waals surface area contributed by atoms with Crippen LogP contribution in [0.5, 0.6) is 0 Å². The van der Waals surface area contributed by atoms with E-state index in [-0.39, 0.29) is 111 Å². The van der Waals surface area contributed by atoms with Crippen molar-refractivity contribution in [2.45, 2.75) is 0 Å². The molecule has 6 nitrogen and oxygen atoms in total. The summed E-state index contributed by atoms with van der Waals surface area (Å²) in [5.74, 6) is 0. The predicted molar refractivity (Wildman–Crippen MR) is 43.4 cm³/mol. The molecule has 0 saturated heterocycles. The van der Waals surface area contributed by atoms with Gasteiger partial charge in [0.25, 0.3) is 0 Å². The summed E-state index contributed by atoms with van der Waals surface area (Å²) in [5.41, 5.74) is 0. The minimum absolute atomic E-state index is 0. The number of hydrogen-bond donors (Lipinski definition) is 0. The molecule has 0 spiro atoms. The third-order valence-corrected chi connectivity index (χ3v) is 0. The van der Waals surface area contributed by atoms with E-state index < -0.39 is 0 Å². The molecule has 0 heterocycles. The molecule has 0 unspecified atom stereocenters. The van der Waals surface area contributed by atoms with Gasteiger partial charge in [0.1, 0.15) is 0 Å². The molecule has 1 radical (unpaired) electrons. The molecule has 0 rings (SSSR count). The third-order valence-electron chi connectivity index (χ3n) is 0. The molecule has 0 aliphatic rings. The number of rotatable bonds is 0. The Morgan fingerprint density at radius 3 is 0.300 bits per heavy atom. The second-order valence-corrected chi connectivity index (χ2v) is 0. The van der Waals surface area contributed by atoms with Gasteiger partial charge in [0.2, 0.25) is 0 Å². The molecule has 75 valence electrons. The molecule has 0 fully saturated rings. The van der Waals surface area contributed by atoms with Crippen molar-refractivity contribution in [2.24, 2.45) is 0 Å². The Morgan fingerprint density at radius 1 is 0.300 bits per heavy atom. The van der Waals surface area contributed by atoms with E-state index in [1.54, 1.807) is 0 Å². The molecule has 10 heavy (non-hydrogen) atoms. The molecular formula is H15Cl3O6Pr. The molecule has 0 atom stereocenters. The SMILES string of the molecule is Cl.Cl.Cl.O.O.O.O.O.O.[Pr]. The zero-order valence-electron chi connectivity index (χ0n) is 4.80. The zero-order valence-corrected chi connectivity index (χ0v) is 11.0. The van der Waals surface area contributed by atoms with E-state index in [1.807, 2.05) is 0 Å². The summed E-state index contributed by atoms with van der Waals surface area (Å²) in [6, 6.07) is 0. The van der Waals surface area contributed by atoms with Crippen molar-refractivity contribution < 1.29 is 74.1 Å². The van der Waals surface area contributed by atoms with Gasteiger partial charge in [0.05, 0.1) is 0 Å². The Bertz CT molecular complexity index is 13.0. The Hall–Kier alpha value is 1.99. The minimum Gasteiger partial charge on any atom is -0.412 e. The number of hydrogen-bond acceptors (Lipinski definition) is 0. The molecule has 0 amide bonds. The van der Waals surface area contributed by atoms with Gasteiger partial charge in [-0.25, -0.2) is 0 Å². The first-order valence-electron chi connectivity index (χ1n) is 0. The summed E-state index contributed by atoms with van der Waals surface area (Å²) in [6.07, 6.45) is 0. The molecule has 0 aliphatic heterocycles. The second kappa shape index (κ2) is 276.